The summed E-state index contributed by atoms with van der Waals surface area (Å²) in [4.78, 5) is 24.7. The summed E-state index contributed by atoms with van der Waals surface area (Å²) >= 11 is 5.95. The Morgan fingerprint density at radius 2 is 1.76 bits per heavy atom. The predicted octanol–water partition coefficient (Wildman–Crippen LogP) is 4.94. The fourth-order valence-electron chi connectivity index (χ4n) is 2.87. The summed E-state index contributed by atoms with van der Waals surface area (Å²) in [5.41, 5.74) is 2.02. The Hall–Kier alpha value is -2.39. The molecule has 1 atom stereocenters. The zero-order valence-corrected chi connectivity index (χ0v) is 14.5. The van der Waals surface area contributed by atoms with Crippen molar-refractivity contribution in [3.8, 4) is 0 Å². The minimum atomic E-state index is -0.632. The van der Waals surface area contributed by atoms with Crippen molar-refractivity contribution in [2.24, 2.45) is 0 Å². The number of halogens is 1. The fourth-order valence-corrected chi connectivity index (χ4v) is 3.00. The number of hydrogen-bond acceptors (Lipinski definition) is 3. The Kier molecular flexibility index (Phi) is 5.67. The van der Waals surface area contributed by atoms with Crippen LogP contribution in [0.2, 0.25) is 5.02 Å². The van der Waals surface area contributed by atoms with Gasteiger partial charge in [0.2, 0.25) is 0 Å². The first kappa shape index (κ1) is 17.4. The molecule has 1 aliphatic rings. The third kappa shape index (κ3) is 4.58. The van der Waals surface area contributed by atoms with Gasteiger partial charge in [0.15, 0.2) is 11.9 Å². The summed E-state index contributed by atoms with van der Waals surface area (Å²) < 4.78 is 5.53. The van der Waals surface area contributed by atoms with Crippen molar-refractivity contribution in [2.45, 2.75) is 31.8 Å². The van der Waals surface area contributed by atoms with Crippen molar-refractivity contribution in [3.63, 3.8) is 0 Å². The number of ketones is 1. The molecule has 0 amide bonds. The molecular formula is C21H19ClO3. The van der Waals surface area contributed by atoms with Gasteiger partial charge in [0, 0.05) is 11.4 Å². The van der Waals surface area contributed by atoms with Gasteiger partial charge >= 0.3 is 5.97 Å². The SMILES string of the molecule is O=C(O[C@@H]1CCCCC1=O)/C(=C/c1ccccc1)c1ccc(Cl)cc1. The van der Waals surface area contributed by atoms with Crippen molar-refractivity contribution in [1.82, 2.24) is 0 Å². The number of rotatable bonds is 4. The van der Waals surface area contributed by atoms with Crippen LogP contribution in [0.3, 0.4) is 0 Å². The molecule has 0 heterocycles. The molecule has 0 aromatic heterocycles. The monoisotopic (exact) mass is 354 g/mol. The standard InChI is InChI=1S/C21H19ClO3/c22-17-12-10-16(11-13-17)18(14-15-6-2-1-3-7-15)21(24)25-20-9-5-4-8-19(20)23/h1-3,6-7,10-14,20H,4-5,8-9H2/b18-14+/t20-/m1/s1. The van der Waals surface area contributed by atoms with Gasteiger partial charge < -0.3 is 4.74 Å². The van der Waals surface area contributed by atoms with E-state index in [2.05, 4.69) is 0 Å². The van der Waals surface area contributed by atoms with Crippen molar-refractivity contribution in [1.29, 1.82) is 0 Å². The molecule has 1 aliphatic carbocycles. The Morgan fingerprint density at radius 1 is 1.04 bits per heavy atom. The lowest BCUT2D eigenvalue weighted by molar-refractivity contribution is -0.151. The molecule has 25 heavy (non-hydrogen) atoms. The highest BCUT2D eigenvalue weighted by atomic mass is 35.5. The minimum absolute atomic E-state index is 0.00904. The van der Waals surface area contributed by atoms with Crippen molar-refractivity contribution >= 4 is 35.0 Å². The number of Topliss-reactive ketones (excluding diaryl/α,β-unsaturated/α-hetero) is 1. The number of benzene rings is 2. The van der Waals surface area contributed by atoms with Gasteiger partial charge in [-0.1, -0.05) is 54.1 Å². The van der Waals surface area contributed by atoms with E-state index in [9.17, 15) is 9.59 Å². The molecule has 1 saturated carbocycles. The molecule has 3 rings (SSSR count). The topological polar surface area (TPSA) is 43.4 Å². The molecule has 2 aromatic carbocycles. The van der Waals surface area contributed by atoms with E-state index in [4.69, 9.17) is 16.3 Å². The zero-order valence-electron chi connectivity index (χ0n) is 13.8. The van der Waals surface area contributed by atoms with Crippen molar-refractivity contribution in [3.05, 3.63) is 70.7 Å². The molecule has 0 bridgehead atoms. The second kappa shape index (κ2) is 8.13. The molecule has 0 aliphatic heterocycles. The van der Waals surface area contributed by atoms with Gasteiger partial charge in [-0.15, -0.1) is 0 Å². The third-order valence-corrected chi connectivity index (χ3v) is 4.49. The molecule has 0 radical (unpaired) electrons. The van der Waals surface area contributed by atoms with E-state index in [0.29, 0.717) is 29.0 Å². The van der Waals surface area contributed by atoms with Crippen molar-refractivity contribution in [2.75, 3.05) is 0 Å². The second-order valence-corrected chi connectivity index (χ2v) is 6.52. The summed E-state index contributed by atoms with van der Waals surface area (Å²) in [7, 11) is 0. The largest absolute Gasteiger partial charge is 0.451 e. The Morgan fingerprint density at radius 3 is 2.44 bits per heavy atom. The maximum absolute atomic E-state index is 12.8. The average Bonchev–Trinajstić information content (AvgIpc) is 2.63. The first-order valence-corrected chi connectivity index (χ1v) is 8.77. The molecule has 4 heteroatoms. The molecule has 0 spiro atoms. The molecule has 0 saturated heterocycles. The van der Waals surface area contributed by atoms with E-state index in [1.807, 2.05) is 30.3 Å². The van der Waals surface area contributed by atoms with Crippen LogP contribution in [0.4, 0.5) is 0 Å². The number of carbonyl (C=O) groups excluding carboxylic acids is 2. The van der Waals surface area contributed by atoms with Crippen LogP contribution >= 0.6 is 11.6 Å². The number of esters is 1. The molecule has 3 nitrogen and oxygen atoms in total. The second-order valence-electron chi connectivity index (χ2n) is 6.08. The van der Waals surface area contributed by atoms with Crippen LogP contribution in [0, 0.1) is 0 Å². The van der Waals surface area contributed by atoms with Crippen LogP contribution in [0.1, 0.15) is 36.8 Å². The Labute approximate surface area is 152 Å². The third-order valence-electron chi connectivity index (χ3n) is 4.23. The highest BCUT2D eigenvalue weighted by molar-refractivity contribution is 6.30. The number of hydrogen-bond donors (Lipinski definition) is 0. The van der Waals surface area contributed by atoms with Crippen LogP contribution in [-0.2, 0) is 14.3 Å². The average molecular weight is 355 g/mol. The Balaban J connectivity index is 1.90. The van der Waals surface area contributed by atoms with Gasteiger partial charge in [-0.25, -0.2) is 4.79 Å². The quantitative estimate of drug-likeness (QED) is 0.444. The van der Waals surface area contributed by atoms with Gasteiger partial charge in [0.25, 0.3) is 0 Å². The molecule has 1 fully saturated rings. The van der Waals surface area contributed by atoms with E-state index in [0.717, 1.165) is 18.4 Å². The lowest BCUT2D eigenvalue weighted by Crippen LogP contribution is -2.30. The summed E-state index contributed by atoms with van der Waals surface area (Å²) in [6, 6.07) is 16.6. The number of carbonyl (C=O) groups is 2. The zero-order chi connectivity index (χ0) is 17.6. The molecule has 2 aromatic rings. The van der Waals surface area contributed by atoms with Crippen LogP contribution in [0.25, 0.3) is 11.6 Å². The normalized spacial score (nSPS) is 18.0. The van der Waals surface area contributed by atoms with Crippen LogP contribution in [-0.4, -0.2) is 17.9 Å². The van der Waals surface area contributed by atoms with Gasteiger partial charge in [0.05, 0.1) is 5.57 Å². The van der Waals surface area contributed by atoms with Gasteiger partial charge in [0.1, 0.15) is 0 Å². The van der Waals surface area contributed by atoms with E-state index < -0.39 is 12.1 Å². The first-order chi connectivity index (χ1) is 12.1. The van der Waals surface area contributed by atoms with E-state index >= 15 is 0 Å². The summed E-state index contributed by atoms with van der Waals surface area (Å²) in [5, 5.41) is 0.596. The van der Waals surface area contributed by atoms with Gasteiger partial charge in [-0.3, -0.25) is 4.79 Å². The molecule has 0 N–H and O–H groups in total. The van der Waals surface area contributed by atoms with Crippen molar-refractivity contribution < 1.29 is 14.3 Å². The lowest BCUT2D eigenvalue weighted by atomic mass is 9.96. The molecule has 0 unspecified atom stereocenters. The summed E-state index contributed by atoms with van der Waals surface area (Å²) in [5.74, 6) is -0.471. The van der Waals surface area contributed by atoms with Gasteiger partial charge in [-0.2, -0.15) is 0 Å². The summed E-state index contributed by atoms with van der Waals surface area (Å²) in [6.45, 7) is 0. The predicted molar refractivity (Wildman–Crippen MR) is 99.1 cm³/mol. The van der Waals surface area contributed by atoms with E-state index in [1.165, 1.54) is 0 Å². The Bertz CT molecular complexity index is 779. The van der Waals surface area contributed by atoms with Crippen LogP contribution in [0.5, 0.6) is 0 Å². The highest BCUT2D eigenvalue weighted by Gasteiger charge is 2.27. The van der Waals surface area contributed by atoms with E-state index in [1.54, 1.807) is 30.3 Å². The van der Waals surface area contributed by atoms with Crippen LogP contribution < -0.4 is 0 Å². The van der Waals surface area contributed by atoms with E-state index in [-0.39, 0.29) is 5.78 Å². The first-order valence-electron chi connectivity index (χ1n) is 8.40. The van der Waals surface area contributed by atoms with Gasteiger partial charge in [-0.05, 0) is 48.6 Å². The lowest BCUT2D eigenvalue weighted by Gasteiger charge is -2.21. The summed E-state index contributed by atoms with van der Waals surface area (Å²) in [6.07, 6.45) is 4.01. The number of ether oxygens (including phenoxy) is 1. The van der Waals surface area contributed by atoms with Crippen LogP contribution in [0.15, 0.2) is 54.6 Å². The highest BCUT2D eigenvalue weighted by Crippen LogP contribution is 2.25. The minimum Gasteiger partial charge on any atom is -0.451 e. The maximum Gasteiger partial charge on any atom is 0.339 e. The smallest absolute Gasteiger partial charge is 0.339 e. The molecular weight excluding hydrogens is 336 g/mol. The fraction of sp³-hybridized carbons (Fsp3) is 0.238. The molecule has 128 valence electrons. The maximum atomic E-state index is 12.8.